The maximum Gasteiger partial charge on any atom is 0.290 e. The van der Waals surface area contributed by atoms with E-state index in [1.165, 1.54) is 5.56 Å². The summed E-state index contributed by atoms with van der Waals surface area (Å²) in [6.07, 6.45) is 4.67. The number of fused-ring (bicyclic) bond motifs is 1. The van der Waals surface area contributed by atoms with Crippen LogP contribution in [0.15, 0.2) is 54.7 Å². The van der Waals surface area contributed by atoms with Crippen LogP contribution < -0.4 is 0 Å². The molecule has 2 fully saturated rings. The van der Waals surface area contributed by atoms with E-state index in [4.69, 9.17) is 24.5 Å². The fourth-order valence-corrected chi connectivity index (χ4v) is 4.35. The van der Waals surface area contributed by atoms with Crippen molar-refractivity contribution in [2.24, 2.45) is 5.92 Å². The van der Waals surface area contributed by atoms with E-state index < -0.39 is 0 Å². The van der Waals surface area contributed by atoms with E-state index in [1.807, 2.05) is 25.2 Å². The Morgan fingerprint density at radius 1 is 1.15 bits per heavy atom. The van der Waals surface area contributed by atoms with Gasteiger partial charge in [0.1, 0.15) is 6.10 Å². The number of amides is 1. The van der Waals surface area contributed by atoms with Crippen molar-refractivity contribution < 1.29 is 29.3 Å². The van der Waals surface area contributed by atoms with Crippen molar-refractivity contribution >= 4 is 18.9 Å². The summed E-state index contributed by atoms with van der Waals surface area (Å²) in [4.78, 5) is 38.1. The van der Waals surface area contributed by atoms with Crippen molar-refractivity contribution in [2.75, 3.05) is 26.7 Å². The standard InChI is InChI=1S/C23H29N3O2.2CH2O2/c1-25(16-20-9-5-6-12-24-20)23(27)21-15-19-11-14-26(17-22(19)28-21)13-10-18-7-3-2-4-8-18;2*2-1-3/h2-9,12,19,21-22H,10-11,13-17H2,1H3;2*1H,(H,2,3)/t19-,21+,22-;;/m0../s1. The molecule has 0 radical (unpaired) electrons. The molecule has 34 heavy (non-hydrogen) atoms. The number of benzene rings is 1. The lowest BCUT2D eigenvalue weighted by atomic mass is 9.91. The molecule has 3 atom stereocenters. The summed E-state index contributed by atoms with van der Waals surface area (Å²) < 4.78 is 6.21. The highest BCUT2D eigenvalue weighted by Gasteiger charge is 2.42. The van der Waals surface area contributed by atoms with Gasteiger partial charge in [0.05, 0.1) is 18.3 Å². The van der Waals surface area contributed by atoms with Crippen molar-refractivity contribution in [3.8, 4) is 0 Å². The van der Waals surface area contributed by atoms with Gasteiger partial charge in [0.2, 0.25) is 0 Å². The van der Waals surface area contributed by atoms with Gasteiger partial charge in [-0.05, 0) is 49.4 Å². The van der Waals surface area contributed by atoms with Crippen LogP contribution in [0.4, 0.5) is 0 Å². The lowest BCUT2D eigenvalue weighted by molar-refractivity contribution is -0.143. The first-order valence-electron chi connectivity index (χ1n) is 11.2. The van der Waals surface area contributed by atoms with Crippen molar-refractivity contribution in [1.29, 1.82) is 0 Å². The number of piperidine rings is 1. The minimum Gasteiger partial charge on any atom is -0.483 e. The fourth-order valence-electron chi connectivity index (χ4n) is 4.35. The van der Waals surface area contributed by atoms with E-state index in [0.717, 1.165) is 44.6 Å². The maximum atomic E-state index is 12.8. The number of carboxylic acid groups (broad SMARTS) is 2. The van der Waals surface area contributed by atoms with Crippen LogP contribution in [-0.4, -0.2) is 82.7 Å². The lowest BCUT2D eigenvalue weighted by Crippen LogP contribution is -2.43. The van der Waals surface area contributed by atoms with Crippen LogP contribution in [0.25, 0.3) is 0 Å². The monoisotopic (exact) mass is 471 g/mol. The highest BCUT2D eigenvalue weighted by atomic mass is 16.5. The Balaban J connectivity index is 0.000000618. The van der Waals surface area contributed by atoms with Crippen molar-refractivity contribution in [3.63, 3.8) is 0 Å². The second-order valence-corrected chi connectivity index (χ2v) is 8.21. The molecule has 3 heterocycles. The van der Waals surface area contributed by atoms with E-state index in [-0.39, 0.29) is 31.1 Å². The van der Waals surface area contributed by atoms with Crippen LogP contribution in [0.5, 0.6) is 0 Å². The van der Waals surface area contributed by atoms with Crippen LogP contribution >= 0.6 is 0 Å². The summed E-state index contributed by atoms with van der Waals surface area (Å²) in [7, 11) is 1.84. The fraction of sp³-hybridized carbons (Fsp3) is 0.440. The number of nitrogens with zero attached hydrogens (tertiary/aromatic N) is 3. The molecule has 2 aromatic rings. The molecule has 0 aliphatic carbocycles. The third kappa shape index (κ3) is 8.57. The number of carbonyl (C=O) groups is 3. The second-order valence-electron chi connectivity index (χ2n) is 8.21. The molecule has 1 aromatic heterocycles. The zero-order valence-corrected chi connectivity index (χ0v) is 19.4. The molecule has 9 nitrogen and oxygen atoms in total. The van der Waals surface area contributed by atoms with Crippen LogP contribution in [-0.2, 0) is 32.1 Å². The topological polar surface area (TPSA) is 120 Å². The number of rotatable bonds is 6. The number of pyridine rings is 1. The quantitative estimate of drug-likeness (QED) is 0.615. The third-order valence-corrected chi connectivity index (χ3v) is 5.97. The predicted octanol–water partition coefficient (Wildman–Crippen LogP) is 2.16. The largest absolute Gasteiger partial charge is 0.483 e. The molecule has 184 valence electrons. The maximum absolute atomic E-state index is 12.8. The van der Waals surface area contributed by atoms with Gasteiger partial charge < -0.3 is 24.7 Å². The van der Waals surface area contributed by atoms with Gasteiger partial charge in [0.15, 0.2) is 0 Å². The van der Waals surface area contributed by atoms with E-state index in [9.17, 15) is 4.79 Å². The predicted molar refractivity (Wildman–Crippen MR) is 126 cm³/mol. The summed E-state index contributed by atoms with van der Waals surface area (Å²) in [5.74, 6) is 0.584. The molecule has 1 amide bonds. The van der Waals surface area contributed by atoms with Gasteiger partial charge in [-0.15, -0.1) is 0 Å². The normalized spacial score (nSPS) is 21.0. The highest BCUT2D eigenvalue weighted by Crippen LogP contribution is 2.34. The van der Waals surface area contributed by atoms with Crippen LogP contribution in [0.1, 0.15) is 24.1 Å². The molecule has 1 aromatic carbocycles. The first kappa shape index (κ1) is 26.9. The molecule has 2 aliphatic rings. The number of likely N-dealkylation sites (N-methyl/N-ethyl adjacent to an activating group) is 1. The number of hydrogen-bond donors (Lipinski definition) is 2. The number of carbonyl (C=O) groups excluding carboxylic acids is 1. The Hall–Kier alpha value is -3.30. The summed E-state index contributed by atoms with van der Waals surface area (Å²) in [6.45, 7) is 3.11. The van der Waals surface area contributed by atoms with Crippen molar-refractivity contribution in [2.45, 2.75) is 38.0 Å². The van der Waals surface area contributed by atoms with Gasteiger partial charge >= 0.3 is 0 Å². The number of ether oxygens (including phenoxy) is 1. The molecule has 9 heteroatoms. The summed E-state index contributed by atoms with van der Waals surface area (Å²) in [6, 6.07) is 16.4. The first-order chi connectivity index (χ1) is 16.5. The Morgan fingerprint density at radius 3 is 2.47 bits per heavy atom. The highest BCUT2D eigenvalue weighted by molar-refractivity contribution is 5.81. The molecule has 2 saturated heterocycles. The molecular weight excluding hydrogens is 438 g/mol. The van der Waals surface area contributed by atoms with E-state index in [2.05, 4.69) is 40.2 Å². The van der Waals surface area contributed by atoms with Gasteiger partial charge in [-0.25, -0.2) is 0 Å². The van der Waals surface area contributed by atoms with Gasteiger partial charge in [-0.1, -0.05) is 36.4 Å². The Labute approximate surface area is 200 Å². The summed E-state index contributed by atoms with van der Waals surface area (Å²) in [5.41, 5.74) is 2.28. The van der Waals surface area contributed by atoms with Gasteiger partial charge in [0, 0.05) is 26.3 Å². The van der Waals surface area contributed by atoms with Crippen molar-refractivity contribution in [3.05, 3.63) is 66.0 Å². The smallest absolute Gasteiger partial charge is 0.290 e. The third-order valence-electron chi connectivity index (χ3n) is 5.97. The van der Waals surface area contributed by atoms with Crippen molar-refractivity contribution in [1.82, 2.24) is 14.8 Å². The number of likely N-dealkylation sites (tertiary alicyclic amines) is 1. The van der Waals surface area contributed by atoms with Gasteiger partial charge in [0.25, 0.3) is 18.9 Å². The summed E-state index contributed by atoms with van der Waals surface area (Å²) >= 11 is 0. The molecular formula is C25H33N3O6. The molecule has 0 unspecified atom stereocenters. The van der Waals surface area contributed by atoms with E-state index in [1.54, 1.807) is 11.1 Å². The molecule has 2 aliphatic heterocycles. The molecule has 0 spiro atoms. The SMILES string of the molecule is CN(Cc1ccccn1)C(=O)[C@H]1C[C@@H]2CCN(CCc3ccccc3)C[C@@H]2O1.O=CO.O=CO. The molecule has 2 N–H and O–H groups in total. The van der Waals surface area contributed by atoms with E-state index in [0.29, 0.717) is 12.5 Å². The zero-order valence-electron chi connectivity index (χ0n) is 19.4. The Kier molecular flexibility index (Phi) is 11.7. The Morgan fingerprint density at radius 2 is 1.82 bits per heavy atom. The van der Waals surface area contributed by atoms with Gasteiger partial charge in [-0.2, -0.15) is 0 Å². The number of hydrogen-bond acceptors (Lipinski definition) is 6. The minimum atomic E-state index is -0.308. The lowest BCUT2D eigenvalue weighted by Gasteiger charge is -2.34. The average Bonchev–Trinajstić information content (AvgIpc) is 3.28. The van der Waals surface area contributed by atoms with Gasteiger partial charge in [-0.3, -0.25) is 19.4 Å². The minimum absolute atomic E-state index is 0.0795. The van der Waals surface area contributed by atoms with Crippen LogP contribution in [0, 0.1) is 5.92 Å². The Bertz CT molecular complexity index is 861. The summed E-state index contributed by atoms with van der Waals surface area (Å²) in [5, 5.41) is 13.8. The number of aromatic nitrogens is 1. The van der Waals surface area contributed by atoms with Crippen LogP contribution in [0.3, 0.4) is 0 Å². The zero-order chi connectivity index (χ0) is 24.8. The molecule has 0 bridgehead atoms. The van der Waals surface area contributed by atoms with Crippen LogP contribution in [0.2, 0.25) is 0 Å². The average molecular weight is 472 g/mol. The molecule has 4 rings (SSSR count). The first-order valence-corrected chi connectivity index (χ1v) is 11.2. The van der Waals surface area contributed by atoms with E-state index >= 15 is 0 Å². The molecule has 0 saturated carbocycles. The second kappa shape index (κ2) is 14.8.